The van der Waals surface area contributed by atoms with Crippen molar-refractivity contribution >= 4 is 17.6 Å². The molecule has 0 spiro atoms. The van der Waals surface area contributed by atoms with E-state index in [0.717, 1.165) is 18.1 Å². The SMILES string of the molecule is CCc1nc(NC2CCCCC2SC)cc(=O)[nH]1. The van der Waals surface area contributed by atoms with Crippen molar-refractivity contribution in [2.24, 2.45) is 0 Å². The van der Waals surface area contributed by atoms with Crippen LogP contribution < -0.4 is 10.9 Å². The molecule has 1 aromatic heterocycles. The van der Waals surface area contributed by atoms with Crippen LogP contribution in [0.1, 0.15) is 38.4 Å². The van der Waals surface area contributed by atoms with Crippen LogP contribution in [0.15, 0.2) is 10.9 Å². The van der Waals surface area contributed by atoms with Crippen LogP contribution in [0.4, 0.5) is 5.82 Å². The van der Waals surface area contributed by atoms with E-state index >= 15 is 0 Å². The Morgan fingerprint density at radius 3 is 3.00 bits per heavy atom. The average Bonchev–Trinajstić information content (AvgIpc) is 2.38. The molecule has 2 N–H and O–H groups in total. The van der Waals surface area contributed by atoms with E-state index in [0.29, 0.717) is 11.3 Å². The number of rotatable bonds is 4. The van der Waals surface area contributed by atoms with Crippen molar-refractivity contribution in [3.8, 4) is 0 Å². The van der Waals surface area contributed by atoms with E-state index in [4.69, 9.17) is 0 Å². The Kier molecular flexibility index (Phi) is 4.69. The molecule has 1 fully saturated rings. The Bertz CT molecular complexity index is 446. The molecule has 5 heteroatoms. The van der Waals surface area contributed by atoms with Gasteiger partial charge in [0.05, 0.1) is 0 Å². The van der Waals surface area contributed by atoms with Gasteiger partial charge in [-0.3, -0.25) is 4.79 Å². The van der Waals surface area contributed by atoms with Gasteiger partial charge in [0.2, 0.25) is 0 Å². The van der Waals surface area contributed by atoms with Crippen molar-refractivity contribution < 1.29 is 0 Å². The molecule has 18 heavy (non-hydrogen) atoms. The van der Waals surface area contributed by atoms with Crippen molar-refractivity contribution in [1.29, 1.82) is 0 Å². The van der Waals surface area contributed by atoms with E-state index in [1.54, 1.807) is 6.07 Å². The molecule has 0 amide bonds. The Balaban J connectivity index is 2.12. The molecule has 4 nitrogen and oxygen atoms in total. The Morgan fingerprint density at radius 2 is 2.28 bits per heavy atom. The summed E-state index contributed by atoms with van der Waals surface area (Å²) in [7, 11) is 0. The van der Waals surface area contributed by atoms with E-state index in [1.165, 1.54) is 25.7 Å². The number of hydrogen-bond donors (Lipinski definition) is 2. The second-order valence-corrected chi connectivity index (χ2v) is 5.82. The molecule has 0 saturated heterocycles. The largest absolute Gasteiger partial charge is 0.366 e. The fourth-order valence-corrected chi connectivity index (χ4v) is 3.42. The molecule has 0 radical (unpaired) electrons. The lowest BCUT2D eigenvalue weighted by atomic mass is 9.95. The lowest BCUT2D eigenvalue weighted by Crippen LogP contribution is -2.35. The molecule has 0 bridgehead atoms. The Hall–Kier alpha value is -0.970. The van der Waals surface area contributed by atoms with Crippen LogP contribution >= 0.6 is 11.8 Å². The van der Waals surface area contributed by atoms with Crippen LogP contribution in [-0.4, -0.2) is 27.5 Å². The summed E-state index contributed by atoms with van der Waals surface area (Å²) in [6.45, 7) is 1.99. The average molecular weight is 267 g/mol. The second-order valence-electron chi connectivity index (χ2n) is 4.74. The van der Waals surface area contributed by atoms with Crippen LogP contribution in [0.2, 0.25) is 0 Å². The first-order chi connectivity index (χ1) is 8.72. The number of aromatic amines is 1. The van der Waals surface area contributed by atoms with Gasteiger partial charge in [-0.1, -0.05) is 19.8 Å². The van der Waals surface area contributed by atoms with Gasteiger partial charge in [0.25, 0.3) is 5.56 Å². The number of anilines is 1. The van der Waals surface area contributed by atoms with Crippen molar-refractivity contribution in [2.75, 3.05) is 11.6 Å². The summed E-state index contributed by atoms with van der Waals surface area (Å²) in [6, 6.07) is 2.00. The monoisotopic (exact) mass is 267 g/mol. The zero-order chi connectivity index (χ0) is 13.0. The maximum atomic E-state index is 11.5. The fourth-order valence-electron chi connectivity index (χ4n) is 2.48. The van der Waals surface area contributed by atoms with Crippen molar-refractivity contribution in [1.82, 2.24) is 9.97 Å². The third-order valence-corrected chi connectivity index (χ3v) is 4.63. The normalized spacial score (nSPS) is 23.9. The molecular formula is C13H21N3OS. The van der Waals surface area contributed by atoms with Gasteiger partial charge in [0.15, 0.2) is 0 Å². The van der Waals surface area contributed by atoms with Crippen molar-refractivity contribution in [2.45, 2.75) is 50.3 Å². The predicted molar refractivity (Wildman–Crippen MR) is 77.4 cm³/mol. The highest BCUT2D eigenvalue weighted by atomic mass is 32.2. The van der Waals surface area contributed by atoms with E-state index in [2.05, 4.69) is 21.5 Å². The number of H-pyrrole nitrogens is 1. The summed E-state index contributed by atoms with van der Waals surface area (Å²) in [5.74, 6) is 1.48. The zero-order valence-corrected chi connectivity index (χ0v) is 11.8. The van der Waals surface area contributed by atoms with E-state index < -0.39 is 0 Å². The van der Waals surface area contributed by atoms with Gasteiger partial charge in [-0.25, -0.2) is 4.98 Å². The van der Waals surface area contributed by atoms with Gasteiger partial charge in [-0.05, 0) is 19.1 Å². The van der Waals surface area contributed by atoms with Crippen molar-refractivity contribution in [3.63, 3.8) is 0 Å². The van der Waals surface area contributed by atoms with Gasteiger partial charge in [0.1, 0.15) is 11.6 Å². The molecule has 1 saturated carbocycles. The van der Waals surface area contributed by atoms with Gasteiger partial charge in [-0.2, -0.15) is 11.8 Å². The smallest absolute Gasteiger partial charge is 0.252 e. The topological polar surface area (TPSA) is 57.8 Å². The van der Waals surface area contributed by atoms with E-state index in [-0.39, 0.29) is 5.56 Å². The molecule has 2 rings (SSSR count). The molecule has 100 valence electrons. The molecule has 2 atom stereocenters. The first-order valence-corrected chi connectivity index (χ1v) is 7.91. The van der Waals surface area contributed by atoms with E-state index in [1.807, 2.05) is 18.7 Å². The number of nitrogens with zero attached hydrogens (tertiary/aromatic N) is 1. The number of hydrogen-bond acceptors (Lipinski definition) is 4. The Labute approximate surface area is 112 Å². The predicted octanol–water partition coefficient (Wildman–Crippen LogP) is 2.42. The minimum atomic E-state index is -0.0686. The first-order valence-electron chi connectivity index (χ1n) is 6.62. The molecule has 0 aromatic carbocycles. The van der Waals surface area contributed by atoms with Crippen LogP contribution in [-0.2, 0) is 6.42 Å². The molecule has 1 heterocycles. The third kappa shape index (κ3) is 3.28. The van der Waals surface area contributed by atoms with Gasteiger partial charge < -0.3 is 10.3 Å². The highest BCUT2D eigenvalue weighted by Crippen LogP contribution is 2.28. The van der Waals surface area contributed by atoms with Crippen molar-refractivity contribution in [3.05, 3.63) is 22.2 Å². The maximum Gasteiger partial charge on any atom is 0.252 e. The summed E-state index contributed by atoms with van der Waals surface area (Å²) < 4.78 is 0. The maximum absolute atomic E-state index is 11.5. The quantitative estimate of drug-likeness (QED) is 0.879. The van der Waals surface area contributed by atoms with Crippen LogP contribution in [0, 0.1) is 0 Å². The lowest BCUT2D eigenvalue weighted by molar-refractivity contribution is 0.474. The number of aryl methyl sites for hydroxylation is 1. The summed E-state index contributed by atoms with van der Waals surface area (Å²) in [5, 5.41) is 4.08. The van der Waals surface area contributed by atoms with E-state index in [9.17, 15) is 4.79 Å². The summed E-state index contributed by atoms with van der Waals surface area (Å²) in [6.07, 6.45) is 7.91. The Morgan fingerprint density at radius 1 is 1.50 bits per heavy atom. The second kappa shape index (κ2) is 6.27. The van der Waals surface area contributed by atoms with Gasteiger partial charge in [0, 0.05) is 23.8 Å². The third-order valence-electron chi connectivity index (χ3n) is 3.46. The molecule has 0 aliphatic heterocycles. The fraction of sp³-hybridized carbons (Fsp3) is 0.692. The van der Waals surface area contributed by atoms with Gasteiger partial charge in [-0.15, -0.1) is 0 Å². The molecular weight excluding hydrogens is 246 g/mol. The summed E-state index contributed by atoms with van der Waals surface area (Å²) in [4.78, 5) is 18.7. The minimum absolute atomic E-state index is 0.0686. The first kappa shape index (κ1) is 13.5. The summed E-state index contributed by atoms with van der Waals surface area (Å²) in [5.41, 5.74) is -0.0686. The van der Waals surface area contributed by atoms with Gasteiger partial charge >= 0.3 is 0 Å². The number of aromatic nitrogens is 2. The highest BCUT2D eigenvalue weighted by molar-refractivity contribution is 7.99. The number of thioether (sulfide) groups is 1. The van der Waals surface area contributed by atoms with Crippen LogP contribution in [0.3, 0.4) is 0 Å². The summed E-state index contributed by atoms with van der Waals surface area (Å²) >= 11 is 1.91. The highest BCUT2D eigenvalue weighted by Gasteiger charge is 2.24. The molecule has 2 unspecified atom stereocenters. The molecule has 1 aliphatic rings. The molecule has 1 aromatic rings. The minimum Gasteiger partial charge on any atom is -0.366 e. The van der Waals surface area contributed by atoms with Crippen LogP contribution in [0.5, 0.6) is 0 Å². The lowest BCUT2D eigenvalue weighted by Gasteiger charge is -2.31. The number of nitrogens with one attached hydrogen (secondary N) is 2. The zero-order valence-electron chi connectivity index (χ0n) is 11.0. The van der Waals surface area contributed by atoms with Crippen LogP contribution in [0.25, 0.3) is 0 Å². The molecule has 1 aliphatic carbocycles. The standard InChI is InChI=1S/C13H21N3OS/c1-3-11-15-12(8-13(17)16-11)14-9-6-4-5-7-10(9)18-2/h8-10H,3-7H2,1-2H3,(H2,14,15,16,17).